The van der Waals surface area contributed by atoms with Gasteiger partial charge in [-0.2, -0.15) is 13.2 Å². The molecule has 2 nitrogen and oxygen atoms in total. The molecular formula is C10H8BrF3N2S2. The van der Waals surface area contributed by atoms with E-state index in [1.807, 2.05) is 13.0 Å². The average Bonchev–Trinajstić information content (AvgIpc) is 2.85. The summed E-state index contributed by atoms with van der Waals surface area (Å²) in [6, 6.07) is 1.31. The van der Waals surface area contributed by atoms with Crippen LogP contribution in [0.5, 0.6) is 0 Å². The predicted octanol–water partition coefficient (Wildman–Crippen LogP) is 4.34. The van der Waals surface area contributed by atoms with Gasteiger partial charge >= 0.3 is 6.18 Å². The van der Waals surface area contributed by atoms with E-state index in [0.29, 0.717) is 16.2 Å². The topological polar surface area (TPSA) is 38.9 Å². The van der Waals surface area contributed by atoms with Crippen LogP contribution in [0.15, 0.2) is 16.0 Å². The van der Waals surface area contributed by atoms with Crippen molar-refractivity contribution in [1.29, 1.82) is 0 Å². The molecule has 2 aromatic rings. The van der Waals surface area contributed by atoms with Crippen LogP contribution in [-0.2, 0) is 6.18 Å². The molecule has 1 atom stereocenters. The van der Waals surface area contributed by atoms with Gasteiger partial charge in [0, 0.05) is 16.0 Å². The molecule has 0 aliphatic rings. The number of rotatable bonds is 2. The van der Waals surface area contributed by atoms with Crippen molar-refractivity contribution in [3.63, 3.8) is 0 Å². The van der Waals surface area contributed by atoms with Crippen molar-refractivity contribution in [3.8, 4) is 0 Å². The van der Waals surface area contributed by atoms with Gasteiger partial charge in [-0.25, -0.2) is 4.98 Å². The Morgan fingerprint density at radius 3 is 2.44 bits per heavy atom. The Labute approximate surface area is 118 Å². The first-order chi connectivity index (χ1) is 8.29. The minimum Gasteiger partial charge on any atom is -0.319 e. The number of aromatic nitrogens is 1. The van der Waals surface area contributed by atoms with Crippen molar-refractivity contribution in [2.45, 2.75) is 19.1 Å². The quantitative estimate of drug-likeness (QED) is 0.868. The summed E-state index contributed by atoms with van der Waals surface area (Å²) in [4.78, 5) is 4.60. The van der Waals surface area contributed by atoms with E-state index >= 15 is 0 Å². The molecule has 0 aliphatic carbocycles. The molecule has 0 bridgehead atoms. The molecule has 0 aromatic carbocycles. The standard InChI is InChI=1S/C10H8BrF3N2S2/c1-4-2-5(17-8(4)11)7(15)6-3-16-9(18-6)10(12,13)14/h2-3,7H,15H2,1H3. The zero-order valence-corrected chi connectivity index (χ0v) is 12.3. The van der Waals surface area contributed by atoms with Gasteiger partial charge in [-0.15, -0.1) is 22.7 Å². The lowest BCUT2D eigenvalue weighted by molar-refractivity contribution is -0.137. The largest absolute Gasteiger partial charge is 0.443 e. The maximum absolute atomic E-state index is 12.4. The van der Waals surface area contributed by atoms with Gasteiger partial charge in [0.25, 0.3) is 0 Å². The van der Waals surface area contributed by atoms with E-state index in [4.69, 9.17) is 5.73 Å². The van der Waals surface area contributed by atoms with E-state index in [1.165, 1.54) is 17.5 Å². The number of halogens is 4. The summed E-state index contributed by atoms with van der Waals surface area (Å²) >= 11 is 5.38. The Morgan fingerprint density at radius 2 is 2.00 bits per heavy atom. The van der Waals surface area contributed by atoms with Gasteiger partial charge in [-0.1, -0.05) is 0 Å². The van der Waals surface area contributed by atoms with Crippen LogP contribution >= 0.6 is 38.6 Å². The highest BCUT2D eigenvalue weighted by molar-refractivity contribution is 9.11. The highest BCUT2D eigenvalue weighted by Crippen LogP contribution is 2.38. The predicted molar refractivity (Wildman–Crippen MR) is 69.9 cm³/mol. The van der Waals surface area contributed by atoms with Crippen LogP contribution in [0.3, 0.4) is 0 Å². The molecule has 0 spiro atoms. The van der Waals surface area contributed by atoms with Gasteiger partial charge < -0.3 is 5.73 Å². The van der Waals surface area contributed by atoms with E-state index in [0.717, 1.165) is 14.2 Å². The fourth-order valence-corrected chi connectivity index (χ4v) is 3.81. The lowest BCUT2D eigenvalue weighted by Gasteiger charge is -2.05. The molecule has 2 heterocycles. The Bertz CT molecular complexity index is 542. The maximum Gasteiger partial charge on any atom is 0.443 e. The SMILES string of the molecule is Cc1cc(C(N)c2cnc(C(F)(F)F)s2)sc1Br. The first-order valence-electron chi connectivity index (χ1n) is 4.83. The molecule has 0 saturated heterocycles. The van der Waals surface area contributed by atoms with Crippen molar-refractivity contribution in [2.75, 3.05) is 0 Å². The van der Waals surface area contributed by atoms with Gasteiger partial charge in [0.1, 0.15) is 0 Å². The molecule has 0 amide bonds. The van der Waals surface area contributed by atoms with Crippen LogP contribution < -0.4 is 5.73 Å². The van der Waals surface area contributed by atoms with Gasteiger partial charge in [-0.05, 0) is 34.5 Å². The third kappa shape index (κ3) is 2.76. The Kier molecular flexibility index (Phi) is 3.82. The molecule has 0 aliphatic heterocycles. The van der Waals surface area contributed by atoms with E-state index in [2.05, 4.69) is 20.9 Å². The third-order valence-corrected chi connectivity index (χ3v) is 5.60. The van der Waals surface area contributed by atoms with Crippen LogP contribution in [0.4, 0.5) is 13.2 Å². The number of alkyl halides is 3. The second kappa shape index (κ2) is 4.92. The van der Waals surface area contributed by atoms with E-state index in [9.17, 15) is 13.2 Å². The van der Waals surface area contributed by atoms with Gasteiger partial charge in [0.05, 0.1) is 9.83 Å². The van der Waals surface area contributed by atoms with Crippen LogP contribution in [-0.4, -0.2) is 4.98 Å². The molecular weight excluding hydrogens is 349 g/mol. The second-order valence-electron chi connectivity index (χ2n) is 3.65. The van der Waals surface area contributed by atoms with Crippen molar-refractivity contribution in [2.24, 2.45) is 5.73 Å². The smallest absolute Gasteiger partial charge is 0.319 e. The highest BCUT2D eigenvalue weighted by Gasteiger charge is 2.35. The summed E-state index contributed by atoms with van der Waals surface area (Å²) in [5.41, 5.74) is 6.97. The molecule has 2 aromatic heterocycles. The Hall–Kier alpha value is -0.440. The van der Waals surface area contributed by atoms with Crippen LogP contribution in [0, 0.1) is 6.92 Å². The van der Waals surface area contributed by atoms with Gasteiger partial charge in [0.15, 0.2) is 5.01 Å². The number of hydrogen-bond acceptors (Lipinski definition) is 4. The molecule has 1 unspecified atom stereocenters. The summed E-state index contributed by atoms with van der Waals surface area (Å²) in [6.07, 6.45) is -3.21. The monoisotopic (exact) mass is 356 g/mol. The molecule has 18 heavy (non-hydrogen) atoms. The average molecular weight is 357 g/mol. The number of thiazole rings is 1. The second-order valence-corrected chi connectivity index (χ2v) is 7.11. The number of nitrogens with two attached hydrogens (primary N) is 1. The number of hydrogen-bond donors (Lipinski definition) is 1. The van der Waals surface area contributed by atoms with Crippen molar-refractivity contribution < 1.29 is 13.2 Å². The van der Waals surface area contributed by atoms with E-state index in [1.54, 1.807) is 0 Å². The molecule has 98 valence electrons. The summed E-state index contributed by atoms with van der Waals surface area (Å²) < 4.78 is 38.3. The molecule has 0 radical (unpaired) electrons. The third-order valence-electron chi connectivity index (χ3n) is 2.26. The highest BCUT2D eigenvalue weighted by atomic mass is 79.9. The number of aryl methyl sites for hydroxylation is 1. The summed E-state index contributed by atoms with van der Waals surface area (Å²) in [7, 11) is 0. The minimum absolute atomic E-state index is 0.413. The molecule has 2 N–H and O–H groups in total. The normalized spacial score (nSPS) is 13.9. The van der Waals surface area contributed by atoms with Gasteiger partial charge in [0.2, 0.25) is 0 Å². The minimum atomic E-state index is -4.41. The fourth-order valence-electron chi connectivity index (χ4n) is 1.34. The van der Waals surface area contributed by atoms with Crippen LogP contribution in [0.25, 0.3) is 0 Å². The maximum atomic E-state index is 12.4. The van der Waals surface area contributed by atoms with Crippen molar-refractivity contribution in [1.82, 2.24) is 4.98 Å². The van der Waals surface area contributed by atoms with Crippen LogP contribution in [0.2, 0.25) is 0 Å². The molecule has 8 heteroatoms. The first kappa shape index (κ1) is 14.0. The Balaban J connectivity index is 2.29. The molecule has 0 fully saturated rings. The summed E-state index contributed by atoms with van der Waals surface area (Å²) in [5.74, 6) is 0. The lowest BCUT2D eigenvalue weighted by Crippen LogP contribution is -2.08. The van der Waals surface area contributed by atoms with Gasteiger partial charge in [-0.3, -0.25) is 0 Å². The molecule has 0 saturated carbocycles. The zero-order valence-electron chi connectivity index (χ0n) is 9.08. The number of thiophene rings is 1. The number of nitrogens with zero attached hydrogens (tertiary/aromatic N) is 1. The lowest BCUT2D eigenvalue weighted by atomic mass is 10.2. The van der Waals surface area contributed by atoms with Crippen LogP contribution in [0.1, 0.15) is 26.4 Å². The zero-order chi connectivity index (χ0) is 13.5. The molecule has 2 rings (SSSR count). The van der Waals surface area contributed by atoms with E-state index in [-0.39, 0.29) is 0 Å². The summed E-state index contributed by atoms with van der Waals surface area (Å²) in [6.45, 7) is 1.91. The fraction of sp³-hybridized carbons (Fsp3) is 0.300. The first-order valence-corrected chi connectivity index (χ1v) is 7.26. The summed E-state index contributed by atoms with van der Waals surface area (Å²) in [5, 5.41) is -0.861. The van der Waals surface area contributed by atoms with E-state index < -0.39 is 17.2 Å². The Morgan fingerprint density at radius 1 is 1.33 bits per heavy atom. The van der Waals surface area contributed by atoms with Crippen molar-refractivity contribution in [3.05, 3.63) is 36.4 Å². The van der Waals surface area contributed by atoms with Crippen molar-refractivity contribution >= 4 is 38.6 Å².